The number of hydrogen-bond donors (Lipinski definition) is 2. The van der Waals surface area contributed by atoms with Crippen LogP contribution in [0.1, 0.15) is 17.4 Å². The van der Waals surface area contributed by atoms with Gasteiger partial charge in [-0.15, -0.1) is 0 Å². The molecule has 0 saturated carbocycles. The number of pyridine rings is 1. The first-order valence-electron chi connectivity index (χ1n) is 5.92. The number of nitrogens with one attached hydrogen (secondary N) is 1. The molecular weight excluding hydrogens is 263 g/mol. The molecule has 0 spiro atoms. The minimum Gasteiger partial charge on any atom is -0.467 e. The highest BCUT2D eigenvalue weighted by Gasteiger charge is 2.14. The molecule has 0 saturated heterocycles. The second kappa shape index (κ2) is 6.63. The van der Waals surface area contributed by atoms with E-state index in [0.29, 0.717) is 11.3 Å². The number of halogens is 1. The molecule has 0 aliphatic rings. The minimum atomic E-state index is -0.618. The number of amides is 1. The average Bonchev–Trinajstić information content (AvgIpc) is 2.96. The van der Waals surface area contributed by atoms with E-state index in [1.807, 2.05) is 0 Å². The SMILES string of the molecule is O=C(/C=C/c1cncc(F)c1)NC(CO)c1ccco1. The summed E-state index contributed by atoms with van der Waals surface area (Å²) in [6, 6.07) is 3.96. The normalized spacial score (nSPS) is 12.5. The molecule has 0 fully saturated rings. The van der Waals surface area contributed by atoms with Crippen LogP contribution in [0.3, 0.4) is 0 Å². The van der Waals surface area contributed by atoms with Gasteiger partial charge >= 0.3 is 0 Å². The predicted octanol–water partition coefficient (Wildman–Crippen LogP) is 1.68. The van der Waals surface area contributed by atoms with E-state index < -0.39 is 17.8 Å². The summed E-state index contributed by atoms with van der Waals surface area (Å²) in [5.74, 6) is -0.442. The molecule has 104 valence electrons. The molecule has 20 heavy (non-hydrogen) atoms. The van der Waals surface area contributed by atoms with E-state index in [1.165, 1.54) is 30.7 Å². The lowest BCUT2D eigenvalue weighted by Crippen LogP contribution is -2.28. The summed E-state index contributed by atoms with van der Waals surface area (Å²) >= 11 is 0. The smallest absolute Gasteiger partial charge is 0.244 e. The lowest BCUT2D eigenvalue weighted by Gasteiger charge is -2.11. The molecule has 0 radical (unpaired) electrons. The number of aromatic nitrogens is 1. The van der Waals surface area contributed by atoms with Crippen molar-refractivity contribution < 1.29 is 18.7 Å². The molecule has 5 nitrogen and oxygen atoms in total. The molecule has 0 aromatic carbocycles. The zero-order valence-corrected chi connectivity index (χ0v) is 10.5. The molecule has 2 N–H and O–H groups in total. The second-order valence-electron chi connectivity index (χ2n) is 4.03. The summed E-state index contributed by atoms with van der Waals surface area (Å²) < 4.78 is 18.0. The van der Waals surface area contributed by atoms with Gasteiger partial charge in [0.2, 0.25) is 5.91 Å². The zero-order chi connectivity index (χ0) is 14.4. The number of aliphatic hydroxyl groups excluding tert-OH is 1. The molecule has 2 aromatic rings. The number of nitrogens with zero attached hydrogens (tertiary/aromatic N) is 1. The van der Waals surface area contributed by atoms with Gasteiger partial charge in [0.25, 0.3) is 0 Å². The Labute approximate surface area is 114 Å². The number of carbonyl (C=O) groups excluding carboxylic acids is 1. The largest absolute Gasteiger partial charge is 0.467 e. The maximum absolute atomic E-state index is 12.9. The average molecular weight is 276 g/mol. The van der Waals surface area contributed by atoms with Crippen molar-refractivity contribution in [1.82, 2.24) is 10.3 Å². The summed E-state index contributed by atoms with van der Waals surface area (Å²) in [6.45, 7) is -0.283. The maximum Gasteiger partial charge on any atom is 0.244 e. The number of rotatable bonds is 5. The van der Waals surface area contributed by atoms with Crippen LogP contribution in [0.25, 0.3) is 6.08 Å². The predicted molar refractivity (Wildman–Crippen MR) is 69.9 cm³/mol. The number of aliphatic hydroxyl groups is 1. The van der Waals surface area contributed by atoms with Gasteiger partial charge in [-0.1, -0.05) is 0 Å². The van der Waals surface area contributed by atoms with E-state index in [2.05, 4.69) is 10.3 Å². The Kier molecular flexibility index (Phi) is 4.62. The van der Waals surface area contributed by atoms with Crippen LogP contribution in [0.4, 0.5) is 4.39 Å². The van der Waals surface area contributed by atoms with Crippen molar-refractivity contribution >= 4 is 12.0 Å². The van der Waals surface area contributed by atoms with Crippen molar-refractivity contribution in [2.45, 2.75) is 6.04 Å². The summed E-state index contributed by atoms with van der Waals surface area (Å²) in [6.07, 6.45) is 6.64. The van der Waals surface area contributed by atoms with Gasteiger partial charge < -0.3 is 14.8 Å². The van der Waals surface area contributed by atoms with E-state index >= 15 is 0 Å². The molecule has 1 unspecified atom stereocenters. The van der Waals surface area contributed by atoms with Crippen LogP contribution >= 0.6 is 0 Å². The fourth-order valence-corrected chi connectivity index (χ4v) is 1.61. The first kappa shape index (κ1) is 14.0. The molecule has 0 bridgehead atoms. The van der Waals surface area contributed by atoms with Gasteiger partial charge in [-0.25, -0.2) is 4.39 Å². The summed E-state index contributed by atoms with van der Waals surface area (Å²) in [5, 5.41) is 11.8. The first-order chi connectivity index (χ1) is 9.69. The third-order valence-electron chi connectivity index (χ3n) is 2.54. The van der Waals surface area contributed by atoms with Crippen LogP contribution in [0.2, 0.25) is 0 Å². The monoisotopic (exact) mass is 276 g/mol. The van der Waals surface area contributed by atoms with Crippen LogP contribution in [0.5, 0.6) is 0 Å². The molecule has 0 aliphatic heterocycles. The molecule has 0 aliphatic carbocycles. The Hall–Kier alpha value is -2.47. The van der Waals surface area contributed by atoms with Crippen LogP contribution in [-0.4, -0.2) is 22.6 Å². The van der Waals surface area contributed by atoms with Gasteiger partial charge in [-0.2, -0.15) is 0 Å². The third kappa shape index (κ3) is 3.76. The van der Waals surface area contributed by atoms with Crippen LogP contribution in [0.15, 0.2) is 47.3 Å². The van der Waals surface area contributed by atoms with Gasteiger partial charge in [0.15, 0.2) is 0 Å². The summed E-state index contributed by atoms with van der Waals surface area (Å²) in [5.41, 5.74) is 0.471. The Morgan fingerprint density at radius 2 is 2.40 bits per heavy atom. The van der Waals surface area contributed by atoms with E-state index in [9.17, 15) is 14.3 Å². The van der Waals surface area contributed by atoms with Gasteiger partial charge in [-0.3, -0.25) is 9.78 Å². The number of furan rings is 1. The fourth-order valence-electron chi connectivity index (χ4n) is 1.61. The van der Waals surface area contributed by atoms with Crippen LogP contribution in [-0.2, 0) is 4.79 Å². The molecular formula is C14H13FN2O3. The summed E-state index contributed by atoms with van der Waals surface area (Å²) in [4.78, 5) is 15.4. The van der Waals surface area contributed by atoms with Crippen molar-refractivity contribution in [3.8, 4) is 0 Å². The second-order valence-corrected chi connectivity index (χ2v) is 4.03. The number of hydrogen-bond acceptors (Lipinski definition) is 4. The summed E-state index contributed by atoms with van der Waals surface area (Å²) in [7, 11) is 0. The molecule has 1 amide bonds. The molecule has 6 heteroatoms. The van der Waals surface area contributed by atoms with E-state index in [4.69, 9.17) is 4.42 Å². The van der Waals surface area contributed by atoms with Crippen molar-refractivity contribution in [2.75, 3.05) is 6.61 Å². The van der Waals surface area contributed by atoms with E-state index in [0.717, 1.165) is 6.20 Å². The minimum absolute atomic E-state index is 0.283. The van der Waals surface area contributed by atoms with E-state index in [1.54, 1.807) is 12.1 Å². The molecule has 2 rings (SSSR count). The zero-order valence-electron chi connectivity index (χ0n) is 10.5. The van der Waals surface area contributed by atoms with Crippen molar-refractivity contribution in [1.29, 1.82) is 0 Å². The molecule has 2 heterocycles. The Balaban J connectivity index is 1.98. The molecule has 2 aromatic heterocycles. The lowest BCUT2D eigenvalue weighted by atomic mass is 10.2. The Bertz CT molecular complexity index is 596. The highest BCUT2D eigenvalue weighted by Crippen LogP contribution is 2.12. The van der Waals surface area contributed by atoms with Gasteiger partial charge in [-0.05, 0) is 29.8 Å². The van der Waals surface area contributed by atoms with Crippen LogP contribution < -0.4 is 5.32 Å². The fraction of sp³-hybridized carbons (Fsp3) is 0.143. The number of carbonyl (C=O) groups is 1. The van der Waals surface area contributed by atoms with Crippen molar-refractivity contribution in [3.05, 3.63) is 60.1 Å². The first-order valence-corrected chi connectivity index (χ1v) is 5.92. The van der Waals surface area contributed by atoms with Gasteiger partial charge in [0.05, 0.1) is 19.1 Å². The van der Waals surface area contributed by atoms with Crippen molar-refractivity contribution in [2.24, 2.45) is 0 Å². The van der Waals surface area contributed by atoms with E-state index in [-0.39, 0.29) is 6.61 Å². The quantitative estimate of drug-likeness (QED) is 0.815. The topological polar surface area (TPSA) is 75.4 Å². The highest BCUT2D eigenvalue weighted by atomic mass is 19.1. The maximum atomic E-state index is 12.9. The third-order valence-corrected chi connectivity index (χ3v) is 2.54. The lowest BCUT2D eigenvalue weighted by molar-refractivity contribution is -0.117. The van der Waals surface area contributed by atoms with Gasteiger partial charge in [0.1, 0.15) is 17.6 Å². The Morgan fingerprint density at radius 1 is 1.55 bits per heavy atom. The van der Waals surface area contributed by atoms with Crippen LogP contribution in [0, 0.1) is 5.82 Å². The van der Waals surface area contributed by atoms with Crippen molar-refractivity contribution in [3.63, 3.8) is 0 Å². The standard InChI is InChI=1S/C14H13FN2O3/c15-11-6-10(7-16-8-11)3-4-14(19)17-12(9-18)13-2-1-5-20-13/h1-8,12,18H,9H2,(H,17,19)/b4-3+. The van der Waals surface area contributed by atoms with Gasteiger partial charge in [0, 0.05) is 12.3 Å². The highest BCUT2D eigenvalue weighted by molar-refractivity contribution is 5.91. The Morgan fingerprint density at radius 3 is 3.05 bits per heavy atom. The molecule has 1 atom stereocenters.